The average Bonchev–Trinajstić information content (AvgIpc) is 2.49. The SMILES string of the molecule is CCNS(=O)(=O)c1ccc(C)c(C(=O)NC2CCNCC2C)c1.Cl. The highest BCUT2D eigenvalue weighted by Gasteiger charge is 2.24. The number of amides is 1. The number of nitrogens with one attached hydrogen (secondary N) is 3. The van der Waals surface area contributed by atoms with E-state index in [0.29, 0.717) is 18.0 Å². The molecule has 1 fully saturated rings. The predicted molar refractivity (Wildman–Crippen MR) is 97.2 cm³/mol. The van der Waals surface area contributed by atoms with Crippen molar-refractivity contribution in [3.63, 3.8) is 0 Å². The number of piperidine rings is 1. The molecule has 2 rings (SSSR count). The first-order chi connectivity index (χ1) is 10.8. The maximum absolute atomic E-state index is 12.6. The average molecular weight is 376 g/mol. The van der Waals surface area contributed by atoms with E-state index in [9.17, 15) is 13.2 Å². The van der Waals surface area contributed by atoms with Crippen LogP contribution in [0.5, 0.6) is 0 Å². The Labute approximate surface area is 150 Å². The Hall–Kier alpha value is -1.15. The number of rotatable bonds is 5. The molecule has 1 aliphatic heterocycles. The number of benzene rings is 1. The second kappa shape index (κ2) is 8.80. The van der Waals surface area contributed by atoms with E-state index in [1.165, 1.54) is 12.1 Å². The van der Waals surface area contributed by atoms with Crippen LogP contribution in [0.25, 0.3) is 0 Å². The van der Waals surface area contributed by atoms with Crippen LogP contribution in [0.3, 0.4) is 0 Å². The van der Waals surface area contributed by atoms with Gasteiger partial charge in [-0.15, -0.1) is 12.4 Å². The van der Waals surface area contributed by atoms with Crippen molar-refractivity contribution in [2.45, 2.75) is 38.1 Å². The lowest BCUT2D eigenvalue weighted by atomic mass is 9.95. The molecule has 0 bridgehead atoms. The number of halogens is 1. The molecule has 1 aromatic carbocycles. The van der Waals surface area contributed by atoms with Gasteiger partial charge in [-0.1, -0.05) is 19.9 Å². The lowest BCUT2D eigenvalue weighted by molar-refractivity contribution is 0.0913. The van der Waals surface area contributed by atoms with Crippen molar-refractivity contribution in [2.75, 3.05) is 19.6 Å². The van der Waals surface area contributed by atoms with E-state index in [0.717, 1.165) is 25.1 Å². The molecule has 0 aromatic heterocycles. The van der Waals surface area contributed by atoms with Gasteiger partial charge < -0.3 is 10.6 Å². The molecule has 24 heavy (non-hydrogen) atoms. The van der Waals surface area contributed by atoms with Crippen LogP contribution < -0.4 is 15.4 Å². The van der Waals surface area contributed by atoms with Crippen LogP contribution in [0.2, 0.25) is 0 Å². The zero-order chi connectivity index (χ0) is 17.0. The summed E-state index contributed by atoms with van der Waals surface area (Å²) < 4.78 is 26.7. The molecule has 1 amide bonds. The molecule has 8 heteroatoms. The molecule has 1 aromatic rings. The van der Waals surface area contributed by atoms with Gasteiger partial charge in [0.2, 0.25) is 10.0 Å². The molecule has 3 N–H and O–H groups in total. The van der Waals surface area contributed by atoms with Crippen molar-refractivity contribution < 1.29 is 13.2 Å². The molecule has 0 saturated carbocycles. The second-order valence-electron chi connectivity index (χ2n) is 6.03. The Kier molecular flexibility index (Phi) is 7.66. The van der Waals surface area contributed by atoms with Gasteiger partial charge in [0, 0.05) is 18.2 Å². The predicted octanol–water partition coefficient (Wildman–Crippen LogP) is 1.44. The molecule has 1 aliphatic rings. The fourth-order valence-electron chi connectivity index (χ4n) is 2.76. The van der Waals surface area contributed by atoms with Gasteiger partial charge in [0.25, 0.3) is 5.91 Å². The molecule has 6 nitrogen and oxygen atoms in total. The summed E-state index contributed by atoms with van der Waals surface area (Å²) in [6.45, 7) is 7.69. The Morgan fingerprint density at radius 2 is 2.08 bits per heavy atom. The van der Waals surface area contributed by atoms with Gasteiger partial charge in [0.05, 0.1) is 4.90 Å². The summed E-state index contributed by atoms with van der Waals surface area (Å²) >= 11 is 0. The smallest absolute Gasteiger partial charge is 0.251 e. The number of sulfonamides is 1. The second-order valence-corrected chi connectivity index (χ2v) is 7.80. The van der Waals surface area contributed by atoms with Gasteiger partial charge in [0.1, 0.15) is 0 Å². The normalized spacial score (nSPS) is 21.0. The monoisotopic (exact) mass is 375 g/mol. The summed E-state index contributed by atoms with van der Waals surface area (Å²) in [5.74, 6) is 0.136. The van der Waals surface area contributed by atoms with Crippen molar-refractivity contribution in [3.05, 3.63) is 29.3 Å². The molecule has 136 valence electrons. The van der Waals surface area contributed by atoms with E-state index in [4.69, 9.17) is 0 Å². The van der Waals surface area contributed by atoms with Crippen molar-refractivity contribution in [2.24, 2.45) is 5.92 Å². The number of hydrogen-bond donors (Lipinski definition) is 3. The Morgan fingerprint density at radius 3 is 2.71 bits per heavy atom. The van der Waals surface area contributed by atoms with Crippen LogP contribution in [-0.2, 0) is 10.0 Å². The first kappa shape index (κ1) is 20.9. The van der Waals surface area contributed by atoms with Crippen LogP contribution in [0, 0.1) is 12.8 Å². The summed E-state index contributed by atoms with van der Waals surface area (Å²) in [5.41, 5.74) is 1.18. The Morgan fingerprint density at radius 1 is 1.38 bits per heavy atom. The Bertz CT molecular complexity index is 679. The quantitative estimate of drug-likeness (QED) is 0.726. The molecular formula is C16H26ClN3O3S. The molecule has 0 radical (unpaired) electrons. The number of carbonyl (C=O) groups is 1. The number of hydrogen-bond acceptors (Lipinski definition) is 4. The van der Waals surface area contributed by atoms with Gasteiger partial charge in [0.15, 0.2) is 0 Å². The highest BCUT2D eigenvalue weighted by molar-refractivity contribution is 7.89. The van der Waals surface area contributed by atoms with Gasteiger partial charge in [-0.3, -0.25) is 4.79 Å². The molecule has 1 heterocycles. The molecule has 2 atom stereocenters. The van der Waals surface area contributed by atoms with Gasteiger partial charge in [-0.25, -0.2) is 13.1 Å². The van der Waals surface area contributed by atoms with E-state index in [2.05, 4.69) is 22.3 Å². The molecule has 1 saturated heterocycles. The zero-order valence-corrected chi connectivity index (χ0v) is 15.9. The van der Waals surface area contributed by atoms with Crippen molar-refractivity contribution >= 4 is 28.3 Å². The fourth-order valence-corrected chi connectivity index (χ4v) is 3.83. The topological polar surface area (TPSA) is 87.3 Å². The highest BCUT2D eigenvalue weighted by atomic mass is 35.5. The fraction of sp³-hybridized carbons (Fsp3) is 0.562. The standard InChI is InChI=1S/C16H25N3O3S.ClH/c1-4-18-23(21,22)13-6-5-11(2)14(9-13)16(20)19-15-7-8-17-10-12(15)3;/h5-6,9,12,15,17-18H,4,7-8,10H2,1-3H3,(H,19,20);1H. The third-order valence-corrected chi connectivity index (χ3v) is 5.74. The van der Waals surface area contributed by atoms with Crippen LogP contribution in [0.1, 0.15) is 36.2 Å². The van der Waals surface area contributed by atoms with Crippen LogP contribution >= 0.6 is 12.4 Å². The lowest BCUT2D eigenvalue weighted by Gasteiger charge is -2.30. The third kappa shape index (κ3) is 4.92. The van der Waals surface area contributed by atoms with Crippen molar-refractivity contribution in [1.82, 2.24) is 15.4 Å². The van der Waals surface area contributed by atoms with E-state index >= 15 is 0 Å². The first-order valence-corrected chi connectivity index (χ1v) is 9.45. The van der Waals surface area contributed by atoms with Gasteiger partial charge >= 0.3 is 0 Å². The summed E-state index contributed by atoms with van der Waals surface area (Å²) in [5, 5.41) is 6.34. The Balaban J connectivity index is 0.00000288. The largest absolute Gasteiger partial charge is 0.349 e. The maximum Gasteiger partial charge on any atom is 0.251 e. The number of carbonyl (C=O) groups excluding carboxylic acids is 1. The van der Waals surface area contributed by atoms with Crippen LogP contribution in [0.4, 0.5) is 0 Å². The van der Waals surface area contributed by atoms with Crippen LogP contribution in [0.15, 0.2) is 23.1 Å². The summed E-state index contributed by atoms with van der Waals surface area (Å²) in [4.78, 5) is 12.7. The highest BCUT2D eigenvalue weighted by Crippen LogP contribution is 2.17. The summed E-state index contributed by atoms with van der Waals surface area (Å²) in [6, 6.07) is 4.76. The minimum absolute atomic E-state index is 0. The lowest BCUT2D eigenvalue weighted by Crippen LogP contribution is -2.48. The molecule has 0 spiro atoms. The van der Waals surface area contributed by atoms with Crippen molar-refractivity contribution in [3.8, 4) is 0 Å². The first-order valence-electron chi connectivity index (χ1n) is 7.97. The van der Waals surface area contributed by atoms with Crippen molar-refractivity contribution in [1.29, 1.82) is 0 Å². The summed E-state index contributed by atoms with van der Waals surface area (Å²) in [7, 11) is -3.57. The maximum atomic E-state index is 12.6. The minimum atomic E-state index is -3.57. The molecular weight excluding hydrogens is 350 g/mol. The van der Waals surface area contributed by atoms with E-state index in [1.54, 1.807) is 13.0 Å². The zero-order valence-electron chi connectivity index (χ0n) is 14.3. The molecule has 0 aliphatic carbocycles. The summed E-state index contributed by atoms with van der Waals surface area (Å²) in [6.07, 6.45) is 0.876. The van der Waals surface area contributed by atoms with Gasteiger partial charge in [-0.2, -0.15) is 0 Å². The van der Waals surface area contributed by atoms with E-state index in [-0.39, 0.29) is 29.3 Å². The third-order valence-electron chi connectivity index (χ3n) is 4.20. The van der Waals surface area contributed by atoms with E-state index < -0.39 is 10.0 Å². The van der Waals surface area contributed by atoms with Gasteiger partial charge in [-0.05, 0) is 50.0 Å². The van der Waals surface area contributed by atoms with E-state index in [1.807, 2.05) is 6.92 Å². The minimum Gasteiger partial charge on any atom is -0.349 e. The van der Waals surface area contributed by atoms with Crippen LogP contribution in [-0.4, -0.2) is 40.0 Å². The molecule has 2 unspecified atom stereocenters. The number of aryl methyl sites for hydroxylation is 1.